The Kier molecular flexibility index (Phi) is 5.42. The van der Waals surface area contributed by atoms with Crippen molar-refractivity contribution in [3.05, 3.63) is 35.6 Å². The first-order valence-corrected chi connectivity index (χ1v) is 7.35. The monoisotopic (exact) mass is 290 g/mol. The van der Waals surface area contributed by atoms with Gasteiger partial charge in [0.1, 0.15) is 5.82 Å². The summed E-state index contributed by atoms with van der Waals surface area (Å²) in [5.41, 5.74) is 0.0670. The van der Waals surface area contributed by atoms with Gasteiger partial charge >= 0.3 is 0 Å². The molecule has 1 atom stereocenters. The highest BCUT2D eigenvalue weighted by atomic mass is 32.2. The number of nitrogens with one attached hydrogen (secondary N) is 1. The first-order chi connectivity index (χ1) is 8.75. The first kappa shape index (κ1) is 16.0. The lowest BCUT2D eigenvalue weighted by Gasteiger charge is -2.22. The van der Waals surface area contributed by atoms with E-state index in [-0.39, 0.29) is 18.2 Å². The van der Waals surface area contributed by atoms with Crippen molar-refractivity contribution in [2.75, 3.05) is 13.6 Å². The molecule has 0 saturated heterocycles. The van der Waals surface area contributed by atoms with Crippen LogP contribution < -0.4 is 4.72 Å². The highest BCUT2D eigenvalue weighted by Crippen LogP contribution is 2.16. The molecule has 0 bridgehead atoms. The molecule has 0 heterocycles. The maximum atomic E-state index is 13.4. The molecule has 0 aliphatic heterocycles. The average molecular weight is 290 g/mol. The van der Waals surface area contributed by atoms with Crippen molar-refractivity contribution < 1.29 is 17.9 Å². The van der Waals surface area contributed by atoms with E-state index in [0.717, 1.165) is 4.31 Å². The zero-order valence-corrected chi connectivity index (χ0v) is 12.0. The van der Waals surface area contributed by atoms with Crippen LogP contribution in [0, 0.1) is 5.82 Å². The maximum absolute atomic E-state index is 13.4. The van der Waals surface area contributed by atoms with Gasteiger partial charge in [0.05, 0.1) is 6.10 Å². The lowest BCUT2D eigenvalue weighted by atomic mass is 10.1. The Hall–Kier alpha value is -1.02. The Morgan fingerprint density at radius 1 is 1.37 bits per heavy atom. The Labute approximate surface area is 113 Å². The summed E-state index contributed by atoms with van der Waals surface area (Å²) in [5, 5.41) is 9.80. The lowest BCUT2D eigenvalue weighted by molar-refractivity contribution is 0.176. The summed E-state index contributed by atoms with van der Waals surface area (Å²) in [7, 11) is -2.24. The topological polar surface area (TPSA) is 69.6 Å². The minimum Gasteiger partial charge on any atom is -0.387 e. The number of halogens is 1. The van der Waals surface area contributed by atoms with Crippen LogP contribution in [-0.2, 0) is 10.2 Å². The summed E-state index contributed by atoms with van der Waals surface area (Å²) in [6.07, 6.45) is -1.23. The van der Waals surface area contributed by atoms with Crippen molar-refractivity contribution >= 4 is 10.2 Å². The van der Waals surface area contributed by atoms with Crippen molar-refractivity contribution in [1.82, 2.24) is 9.03 Å². The fraction of sp³-hybridized carbons (Fsp3) is 0.500. The number of rotatable bonds is 6. The van der Waals surface area contributed by atoms with Gasteiger partial charge in [0.15, 0.2) is 0 Å². The molecule has 0 fully saturated rings. The van der Waals surface area contributed by atoms with Gasteiger partial charge in [-0.25, -0.2) is 4.39 Å². The fourth-order valence-electron chi connectivity index (χ4n) is 1.42. The number of nitrogens with zero attached hydrogens (tertiary/aromatic N) is 1. The Balaban J connectivity index is 2.70. The Morgan fingerprint density at radius 2 is 1.95 bits per heavy atom. The SMILES string of the molecule is CC(C)N(C)S(=O)(=O)NCC(O)c1ccccc1F. The third-order valence-electron chi connectivity index (χ3n) is 2.83. The minimum absolute atomic E-state index is 0.0670. The summed E-state index contributed by atoms with van der Waals surface area (Å²) in [5.74, 6) is -0.564. The van der Waals surface area contributed by atoms with E-state index in [1.165, 1.54) is 25.2 Å². The van der Waals surface area contributed by atoms with Crippen LogP contribution >= 0.6 is 0 Å². The molecule has 0 spiro atoms. The second-order valence-corrected chi connectivity index (χ2v) is 6.32. The van der Waals surface area contributed by atoms with E-state index in [1.54, 1.807) is 19.9 Å². The van der Waals surface area contributed by atoms with Gasteiger partial charge in [-0.3, -0.25) is 0 Å². The standard InChI is InChI=1S/C12H19FN2O3S/c1-9(2)15(3)19(17,18)14-8-12(16)10-6-4-5-7-11(10)13/h4-7,9,12,14,16H,8H2,1-3H3. The molecule has 19 heavy (non-hydrogen) atoms. The summed E-state index contributed by atoms with van der Waals surface area (Å²) in [6, 6.07) is 5.51. The molecule has 1 aromatic carbocycles. The summed E-state index contributed by atoms with van der Waals surface area (Å²) < 4.78 is 40.4. The highest BCUT2D eigenvalue weighted by Gasteiger charge is 2.22. The van der Waals surface area contributed by atoms with Gasteiger partial charge in [-0.15, -0.1) is 0 Å². The predicted molar refractivity (Wildman–Crippen MR) is 71.2 cm³/mol. The van der Waals surface area contributed by atoms with E-state index in [1.807, 2.05) is 0 Å². The second-order valence-electron chi connectivity index (χ2n) is 4.50. The predicted octanol–water partition coefficient (Wildman–Crippen LogP) is 1.03. The van der Waals surface area contributed by atoms with Gasteiger partial charge in [-0.1, -0.05) is 18.2 Å². The molecule has 0 aromatic heterocycles. The molecule has 0 radical (unpaired) electrons. The zero-order valence-electron chi connectivity index (χ0n) is 11.2. The molecule has 0 aliphatic carbocycles. The van der Waals surface area contributed by atoms with Crippen LogP contribution in [0.2, 0.25) is 0 Å². The largest absolute Gasteiger partial charge is 0.387 e. The van der Waals surface area contributed by atoms with Crippen LogP contribution in [0.5, 0.6) is 0 Å². The summed E-state index contributed by atoms with van der Waals surface area (Å²) >= 11 is 0. The Morgan fingerprint density at radius 3 is 2.47 bits per heavy atom. The van der Waals surface area contributed by atoms with Crippen molar-refractivity contribution in [3.63, 3.8) is 0 Å². The number of benzene rings is 1. The third kappa shape index (κ3) is 4.24. The molecule has 0 amide bonds. The molecule has 108 valence electrons. The highest BCUT2D eigenvalue weighted by molar-refractivity contribution is 7.87. The first-order valence-electron chi connectivity index (χ1n) is 5.91. The molecule has 0 aliphatic rings. The van der Waals surface area contributed by atoms with Crippen LogP contribution in [0.4, 0.5) is 4.39 Å². The van der Waals surface area contributed by atoms with E-state index in [4.69, 9.17) is 0 Å². The molecule has 0 saturated carbocycles. The number of hydrogen-bond donors (Lipinski definition) is 2. The third-order valence-corrected chi connectivity index (χ3v) is 4.54. The van der Waals surface area contributed by atoms with Crippen molar-refractivity contribution in [2.24, 2.45) is 0 Å². The van der Waals surface area contributed by atoms with Gasteiger partial charge < -0.3 is 5.11 Å². The van der Waals surface area contributed by atoms with E-state index in [0.29, 0.717) is 0 Å². The Bertz CT molecular complexity index is 519. The van der Waals surface area contributed by atoms with Gasteiger partial charge in [-0.2, -0.15) is 17.4 Å². The van der Waals surface area contributed by atoms with Crippen LogP contribution in [0.15, 0.2) is 24.3 Å². The van der Waals surface area contributed by atoms with Crippen molar-refractivity contribution in [3.8, 4) is 0 Å². The second kappa shape index (κ2) is 6.42. The molecule has 1 aromatic rings. The minimum atomic E-state index is -3.67. The van der Waals surface area contributed by atoms with Gasteiger partial charge in [0.25, 0.3) is 10.2 Å². The molecular formula is C12H19FN2O3S. The van der Waals surface area contributed by atoms with Crippen molar-refractivity contribution in [1.29, 1.82) is 0 Å². The van der Waals surface area contributed by atoms with Gasteiger partial charge in [0.2, 0.25) is 0 Å². The van der Waals surface area contributed by atoms with Crippen LogP contribution in [0.1, 0.15) is 25.5 Å². The maximum Gasteiger partial charge on any atom is 0.279 e. The van der Waals surface area contributed by atoms with Crippen LogP contribution in [-0.4, -0.2) is 37.5 Å². The van der Waals surface area contributed by atoms with Crippen LogP contribution in [0.3, 0.4) is 0 Å². The lowest BCUT2D eigenvalue weighted by Crippen LogP contribution is -2.43. The van der Waals surface area contributed by atoms with Crippen molar-refractivity contribution in [2.45, 2.75) is 26.0 Å². The molecule has 5 nitrogen and oxygen atoms in total. The zero-order chi connectivity index (χ0) is 14.6. The van der Waals surface area contributed by atoms with Crippen LogP contribution in [0.25, 0.3) is 0 Å². The number of aliphatic hydroxyl groups excluding tert-OH is 1. The average Bonchev–Trinajstić information content (AvgIpc) is 2.35. The molecular weight excluding hydrogens is 271 g/mol. The number of aliphatic hydroxyl groups is 1. The molecule has 7 heteroatoms. The van der Waals surface area contributed by atoms with E-state index >= 15 is 0 Å². The normalized spacial score (nSPS) is 14.1. The number of hydrogen-bond acceptors (Lipinski definition) is 3. The molecule has 1 rings (SSSR count). The molecule has 1 unspecified atom stereocenters. The fourth-order valence-corrected chi connectivity index (χ4v) is 2.55. The molecule has 2 N–H and O–H groups in total. The van der Waals surface area contributed by atoms with Gasteiger partial charge in [-0.05, 0) is 19.9 Å². The van der Waals surface area contributed by atoms with E-state index < -0.39 is 22.1 Å². The van der Waals surface area contributed by atoms with Gasteiger partial charge in [0, 0.05) is 25.2 Å². The summed E-state index contributed by atoms with van der Waals surface area (Å²) in [4.78, 5) is 0. The summed E-state index contributed by atoms with van der Waals surface area (Å²) in [6.45, 7) is 3.18. The smallest absolute Gasteiger partial charge is 0.279 e. The van der Waals surface area contributed by atoms with E-state index in [9.17, 15) is 17.9 Å². The quantitative estimate of drug-likeness (QED) is 0.822. The van der Waals surface area contributed by atoms with E-state index in [2.05, 4.69) is 4.72 Å².